The molecule has 8 heteroatoms. The lowest BCUT2D eigenvalue weighted by atomic mass is 9.50. The van der Waals surface area contributed by atoms with Crippen LogP contribution in [0.2, 0.25) is 0 Å². The molecule has 0 spiro atoms. The molecule has 2 aliphatic carbocycles. The topological polar surface area (TPSA) is 140 Å². The van der Waals surface area contributed by atoms with Crippen LogP contribution in [0, 0.1) is 23.2 Å². The van der Waals surface area contributed by atoms with Crippen LogP contribution in [0.25, 0.3) is 0 Å². The minimum Gasteiger partial charge on any atom is -0.394 e. The zero-order valence-corrected chi connectivity index (χ0v) is 17.8. The summed E-state index contributed by atoms with van der Waals surface area (Å²) < 4.78 is 11.9. The third kappa shape index (κ3) is 3.99. The van der Waals surface area contributed by atoms with Gasteiger partial charge in [-0.05, 0) is 44.4 Å². The van der Waals surface area contributed by atoms with Crippen molar-refractivity contribution in [1.29, 1.82) is 0 Å². The molecule has 1 aliphatic heterocycles. The maximum Gasteiger partial charge on any atom is 0.186 e. The van der Waals surface area contributed by atoms with Crippen LogP contribution in [-0.2, 0) is 9.47 Å². The second-order valence-electron chi connectivity index (χ2n) is 10.1. The van der Waals surface area contributed by atoms with Crippen LogP contribution in [0.5, 0.6) is 0 Å². The number of aliphatic hydroxyl groups excluding tert-OH is 5. The molecular formula is C21H38O8. The largest absolute Gasteiger partial charge is 0.394 e. The fourth-order valence-corrected chi connectivity index (χ4v) is 6.00. The van der Waals surface area contributed by atoms with E-state index < -0.39 is 66.5 Å². The fourth-order valence-electron chi connectivity index (χ4n) is 6.00. The highest BCUT2D eigenvalue weighted by Gasteiger charge is 2.61. The average molecular weight is 419 g/mol. The highest BCUT2D eigenvalue weighted by Crippen LogP contribution is 2.57. The normalized spacial score (nSPS) is 53.7. The van der Waals surface area contributed by atoms with E-state index in [2.05, 4.69) is 13.8 Å². The summed E-state index contributed by atoms with van der Waals surface area (Å²) in [6.07, 6.45) is -5.37. The van der Waals surface area contributed by atoms with Crippen LogP contribution in [0.4, 0.5) is 0 Å². The Balaban J connectivity index is 1.94. The summed E-state index contributed by atoms with van der Waals surface area (Å²) in [4.78, 5) is 0. The Morgan fingerprint density at radius 3 is 2.24 bits per heavy atom. The lowest BCUT2D eigenvalue weighted by Crippen LogP contribution is -2.66. The van der Waals surface area contributed by atoms with E-state index in [0.29, 0.717) is 12.8 Å². The molecular weight excluding hydrogens is 380 g/mol. The van der Waals surface area contributed by atoms with Crippen molar-refractivity contribution in [2.75, 3.05) is 6.61 Å². The summed E-state index contributed by atoms with van der Waals surface area (Å²) in [5.41, 5.74) is -1.62. The Labute approximate surface area is 172 Å². The number of hydrogen-bond donors (Lipinski definition) is 6. The van der Waals surface area contributed by atoms with Gasteiger partial charge in [-0.2, -0.15) is 0 Å². The van der Waals surface area contributed by atoms with Crippen LogP contribution in [0.3, 0.4) is 0 Å². The molecule has 2 saturated carbocycles. The third-order valence-electron chi connectivity index (χ3n) is 7.83. The van der Waals surface area contributed by atoms with Crippen LogP contribution in [0.1, 0.15) is 53.4 Å². The van der Waals surface area contributed by atoms with Gasteiger partial charge in [-0.1, -0.05) is 20.8 Å². The zero-order valence-electron chi connectivity index (χ0n) is 17.8. The van der Waals surface area contributed by atoms with E-state index in [0.717, 1.165) is 12.8 Å². The summed E-state index contributed by atoms with van der Waals surface area (Å²) in [5, 5.41) is 62.2. The molecule has 1 heterocycles. The second-order valence-corrected chi connectivity index (χ2v) is 10.1. The molecule has 1 unspecified atom stereocenters. The molecule has 11 atom stereocenters. The molecule has 0 aromatic heterocycles. The highest BCUT2D eigenvalue weighted by atomic mass is 16.7. The van der Waals surface area contributed by atoms with Crippen LogP contribution >= 0.6 is 0 Å². The monoisotopic (exact) mass is 418 g/mol. The lowest BCUT2D eigenvalue weighted by Gasteiger charge is -2.60. The minimum atomic E-state index is -1.52. The summed E-state index contributed by atoms with van der Waals surface area (Å²) >= 11 is 0. The molecule has 3 aliphatic rings. The van der Waals surface area contributed by atoms with E-state index in [4.69, 9.17) is 9.47 Å². The van der Waals surface area contributed by atoms with Gasteiger partial charge in [0.15, 0.2) is 6.29 Å². The highest BCUT2D eigenvalue weighted by molar-refractivity contribution is 5.09. The van der Waals surface area contributed by atoms with E-state index in [1.165, 1.54) is 0 Å². The fraction of sp³-hybridized carbons (Fsp3) is 1.00. The number of ether oxygens (including phenoxy) is 2. The first-order valence-corrected chi connectivity index (χ1v) is 10.8. The predicted molar refractivity (Wildman–Crippen MR) is 104 cm³/mol. The van der Waals surface area contributed by atoms with Gasteiger partial charge < -0.3 is 40.1 Å². The van der Waals surface area contributed by atoms with Gasteiger partial charge in [-0.3, -0.25) is 0 Å². The number of rotatable bonds is 4. The van der Waals surface area contributed by atoms with Crippen molar-refractivity contribution in [2.45, 2.75) is 102 Å². The van der Waals surface area contributed by atoms with Crippen LogP contribution in [-0.4, -0.2) is 85.8 Å². The summed E-state index contributed by atoms with van der Waals surface area (Å²) in [6, 6.07) is 0. The Bertz CT molecular complexity index is 567. The molecule has 8 nitrogen and oxygen atoms in total. The van der Waals surface area contributed by atoms with Gasteiger partial charge in [0.25, 0.3) is 0 Å². The van der Waals surface area contributed by atoms with Crippen molar-refractivity contribution < 1.29 is 40.1 Å². The summed E-state index contributed by atoms with van der Waals surface area (Å²) in [7, 11) is 0. The molecule has 0 amide bonds. The smallest absolute Gasteiger partial charge is 0.186 e. The molecule has 170 valence electrons. The quantitative estimate of drug-likeness (QED) is 0.368. The Kier molecular flexibility index (Phi) is 6.69. The summed E-state index contributed by atoms with van der Waals surface area (Å²) in [6.45, 7) is 7.38. The molecule has 29 heavy (non-hydrogen) atoms. The Hall–Kier alpha value is -0.320. The Morgan fingerprint density at radius 1 is 1.00 bits per heavy atom. The van der Waals surface area contributed by atoms with Crippen molar-refractivity contribution >= 4 is 0 Å². The molecule has 6 N–H and O–H groups in total. The number of aliphatic hydroxyl groups is 6. The number of hydrogen-bond acceptors (Lipinski definition) is 8. The van der Waals surface area contributed by atoms with E-state index in [1.807, 2.05) is 6.92 Å². The Morgan fingerprint density at radius 2 is 1.66 bits per heavy atom. The predicted octanol–water partition coefficient (Wildman–Crippen LogP) is -0.234. The van der Waals surface area contributed by atoms with Crippen LogP contribution < -0.4 is 0 Å². The lowest BCUT2D eigenvalue weighted by molar-refractivity contribution is -0.338. The van der Waals surface area contributed by atoms with Crippen molar-refractivity contribution in [3.63, 3.8) is 0 Å². The summed E-state index contributed by atoms with van der Waals surface area (Å²) in [5.74, 6) is -0.117. The van der Waals surface area contributed by atoms with Gasteiger partial charge in [0.05, 0.1) is 24.4 Å². The van der Waals surface area contributed by atoms with Crippen molar-refractivity contribution in [3.8, 4) is 0 Å². The molecule has 0 radical (unpaired) electrons. The molecule has 0 bridgehead atoms. The van der Waals surface area contributed by atoms with Gasteiger partial charge in [-0.15, -0.1) is 0 Å². The maximum atomic E-state index is 11.3. The van der Waals surface area contributed by atoms with Gasteiger partial charge in [0.2, 0.25) is 0 Å². The van der Waals surface area contributed by atoms with E-state index >= 15 is 0 Å². The van der Waals surface area contributed by atoms with E-state index in [9.17, 15) is 30.6 Å². The number of fused-ring (bicyclic) bond motifs is 1. The first-order valence-electron chi connectivity index (χ1n) is 10.8. The van der Waals surface area contributed by atoms with Crippen molar-refractivity contribution in [2.24, 2.45) is 23.2 Å². The molecule has 3 fully saturated rings. The maximum absolute atomic E-state index is 11.3. The van der Waals surface area contributed by atoms with Crippen LogP contribution in [0.15, 0.2) is 0 Å². The second kappa shape index (κ2) is 8.31. The molecule has 3 rings (SSSR count). The first-order chi connectivity index (χ1) is 13.4. The molecule has 1 saturated heterocycles. The van der Waals surface area contributed by atoms with Crippen molar-refractivity contribution in [1.82, 2.24) is 0 Å². The third-order valence-corrected chi connectivity index (χ3v) is 7.83. The van der Waals surface area contributed by atoms with E-state index in [1.54, 1.807) is 6.92 Å². The van der Waals surface area contributed by atoms with Crippen molar-refractivity contribution in [3.05, 3.63) is 0 Å². The SMILES string of the molecule is CC(C)[C@@H]1CC[C@]2(C)C([C@@H]1O[C@@H]1O[C@H](CO)[C@@H](O)[C@H](O)[C@H]1O)[C@@](C)(O)CC[C@H]2O. The standard InChI is InChI=1S/C21H38O8/c1-10(2)11-5-7-20(3)13(23)6-8-21(4,27)18(20)17(11)29-19-16(26)15(25)14(24)12(9-22)28-19/h10-19,22-27H,5-9H2,1-4H3/t11-,12+,13+,14+,15-,16+,17+,18?,19-,20-,21-/m0/s1. The van der Waals surface area contributed by atoms with E-state index in [-0.39, 0.29) is 11.8 Å². The minimum absolute atomic E-state index is 0.0530. The molecule has 0 aromatic rings. The molecule has 0 aromatic carbocycles. The van der Waals surface area contributed by atoms with Gasteiger partial charge in [0.1, 0.15) is 24.4 Å². The van der Waals surface area contributed by atoms with Gasteiger partial charge in [0, 0.05) is 11.3 Å². The van der Waals surface area contributed by atoms with Gasteiger partial charge in [-0.25, -0.2) is 0 Å². The average Bonchev–Trinajstić information content (AvgIpc) is 2.65. The van der Waals surface area contributed by atoms with Gasteiger partial charge >= 0.3 is 0 Å². The first kappa shape index (κ1) is 23.3. The zero-order chi connectivity index (χ0) is 21.7.